The number of nitrogens with zero attached hydrogens (tertiary/aromatic N) is 11. The molecule has 38 heteroatoms. The Morgan fingerprint density at radius 2 is 0.747 bits per heavy atom. The molecule has 12 N–H and O–H groups in total. The number of aromatic hydroxyl groups is 4. The second kappa shape index (κ2) is 26.1. The van der Waals surface area contributed by atoms with Crippen LogP contribution < -0.4 is 16.0 Å². The van der Waals surface area contributed by atoms with Gasteiger partial charge in [0.05, 0.1) is 27.7 Å². The highest BCUT2D eigenvalue weighted by Crippen LogP contribution is 2.40. The molecule has 0 atom stereocenters. The summed E-state index contributed by atoms with van der Waals surface area (Å²) in [5, 5.41) is 74.9. The Kier molecular flexibility index (Phi) is 18.3. The second-order valence-corrected chi connectivity index (χ2v) is 26.9. The van der Waals surface area contributed by atoms with E-state index in [2.05, 4.69) is 61.6 Å². The van der Waals surface area contributed by atoms with Gasteiger partial charge >= 0.3 is 0 Å². The SMILES string of the molecule is Cc1nn(-c2ccc(/C=C/c3ccc(Nc4nc(Nc5ccccc5)nc(Nc5ccc(/C=C/c6ccc(-n7nc(C)c(N=Nc8cc(S(=O)(=O)O)ccc8O)c7O)cc6S(=O)(=O)O)c(S(=O)(=O)O)c5)n4)cc3S(=O)(=O)O)c(S(=O)(=O)O)c2)c(O)c1N=Nc1ccccc1O. The smallest absolute Gasteiger partial charge is 0.295 e. The molecule has 3 aromatic heterocycles. The van der Waals surface area contributed by atoms with Crippen molar-refractivity contribution in [2.45, 2.75) is 38.3 Å². The third kappa shape index (κ3) is 15.5. The van der Waals surface area contributed by atoms with Gasteiger partial charge in [0, 0.05) is 17.1 Å². The molecule has 488 valence electrons. The normalized spacial score (nSPS) is 12.6. The van der Waals surface area contributed by atoms with Gasteiger partial charge in [-0.05, 0) is 127 Å². The van der Waals surface area contributed by atoms with Crippen LogP contribution in [0.1, 0.15) is 33.6 Å². The van der Waals surface area contributed by atoms with E-state index >= 15 is 0 Å². The first-order valence-corrected chi connectivity index (χ1v) is 33.8. The number of nitrogens with one attached hydrogen (secondary N) is 3. The summed E-state index contributed by atoms with van der Waals surface area (Å²) in [7, 11) is -25.1. The average Bonchev–Trinajstić information content (AvgIpc) is 1.73. The molecule has 10 aromatic rings. The van der Waals surface area contributed by atoms with Crippen molar-refractivity contribution in [3.8, 4) is 34.6 Å². The van der Waals surface area contributed by atoms with E-state index in [0.717, 1.165) is 82.2 Å². The molecule has 7 aromatic carbocycles. The maximum atomic E-state index is 13.0. The summed E-state index contributed by atoms with van der Waals surface area (Å²) in [5.41, 5.74) is -1.52. The Labute approximate surface area is 537 Å². The van der Waals surface area contributed by atoms with Crippen LogP contribution >= 0.6 is 0 Å². The van der Waals surface area contributed by atoms with E-state index in [1.807, 2.05) is 0 Å². The van der Waals surface area contributed by atoms with Gasteiger partial charge in [-0.2, -0.15) is 76.6 Å². The Balaban J connectivity index is 0.918. The maximum Gasteiger partial charge on any atom is 0.295 e. The van der Waals surface area contributed by atoms with Gasteiger partial charge in [-0.3, -0.25) is 22.8 Å². The van der Waals surface area contributed by atoms with E-state index in [1.54, 1.807) is 42.5 Å². The number of para-hydroxylation sites is 2. The predicted molar refractivity (Wildman–Crippen MR) is 340 cm³/mol. The number of phenols is 2. The van der Waals surface area contributed by atoms with Crippen LogP contribution in [0, 0.1) is 13.8 Å². The highest BCUT2D eigenvalue weighted by molar-refractivity contribution is 7.87. The van der Waals surface area contributed by atoms with E-state index < -0.39 is 98.3 Å². The summed E-state index contributed by atoms with van der Waals surface area (Å²) in [6, 6.07) is 30.8. The minimum atomic E-state index is -5.12. The Morgan fingerprint density at radius 3 is 1.16 bits per heavy atom. The van der Waals surface area contributed by atoms with E-state index in [4.69, 9.17) is 0 Å². The number of phenolic OH excluding ortho intramolecular Hbond substituents is 2. The Morgan fingerprint density at radius 1 is 0.379 bits per heavy atom. The third-order valence-electron chi connectivity index (χ3n) is 13.3. The molecular weight excluding hydrogens is 1350 g/mol. The summed E-state index contributed by atoms with van der Waals surface area (Å²) in [5.74, 6) is -2.83. The summed E-state index contributed by atoms with van der Waals surface area (Å²) in [4.78, 5) is 9.48. The van der Waals surface area contributed by atoms with Crippen molar-refractivity contribution >= 4 is 133 Å². The molecule has 3 heterocycles. The number of benzene rings is 7. The average molecular weight is 1390 g/mol. The highest BCUT2D eigenvalue weighted by Gasteiger charge is 2.25. The lowest BCUT2D eigenvalue weighted by Crippen LogP contribution is -2.09. The van der Waals surface area contributed by atoms with E-state index in [9.17, 15) is 85.3 Å². The minimum Gasteiger partial charge on any atom is -0.506 e. The topological polar surface area (TPSA) is 513 Å². The molecule has 0 aliphatic heterocycles. The first-order chi connectivity index (χ1) is 44.7. The number of hydrogen-bond acceptors (Lipinski definition) is 26. The lowest BCUT2D eigenvalue weighted by Gasteiger charge is -2.13. The molecule has 0 aliphatic carbocycles. The van der Waals surface area contributed by atoms with Crippen molar-refractivity contribution in [2.75, 3.05) is 16.0 Å². The van der Waals surface area contributed by atoms with E-state index in [-0.39, 0.29) is 97.0 Å². The van der Waals surface area contributed by atoms with E-state index in [1.165, 1.54) is 68.4 Å². The fourth-order valence-electron chi connectivity index (χ4n) is 8.90. The fourth-order valence-corrected chi connectivity index (χ4v) is 12.2. The molecule has 0 aliphatic rings. The van der Waals surface area contributed by atoms with Gasteiger partial charge < -0.3 is 36.4 Å². The second-order valence-electron chi connectivity index (χ2n) is 19.9. The van der Waals surface area contributed by atoms with Crippen LogP contribution in [0.4, 0.5) is 57.7 Å². The van der Waals surface area contributed by atoms with Crippen LogP contribution in [0.2, 0.25) is 0 Å². The number of hydrogen-bond donors (Lipinski definition) is 12. The lowest BCUT2D eigenvalue weighted by atomic mass is 10.1. The molecule has 0 saturated carbocycles. The number of rotatable bonds is 21. The zero-order valence-electron chi connectivity index (χ0n) is 48.2. The molecule has 0 radical (unpaired) electrons. The molecule has 0 spiro atoms. The molecule has 95 heavy (non-hydrogen) atoms. The molecule has 0 fully saturated rings. The summed E-state index contributed by atoms with van der Waals surface area (Å²) in [6.07, 6.45) is 4.41. The monoisotopic (exact) mass is 1390 g/mol. The number of azo groups is 2. The highest BCUT2D eigenvalue weighted by atomic mass is 32.2. The van der Waals surface area contributed by atoms with Gasteiger partial charge in [0.15, 0.2) is 11.4 Å². The zero-order chi connectivity index (χ0) is 68.5. The predicted octanol–water partition coefficient (Wildman–Crippen LogP) is 10.3. The molecule has 0 unspecified atom stereocenters. The molecule has 0 saturated heterocycles. The van der Waals surface area contributed by atoms with Crippen molar-refractivity contribution in [1.29, 1.82) is 0 Å². The Bertz CT molecular complexity index is 5480. The first kappa shape index (κ1) is 66.7. The molecular formula is C57H46N14O19S5. The first-order valence-electron chi connectivity index (χ1n) is 26.6. The van der Waals surface area contributed by atoms with Gasteiger partial charge in [-0.1, -0.05) is 78.9 Å². The van der Waals surface area contributed by atoms with Gasteiger partial charge in [0.2, 0.25) is 29.6 Å². The third-order valence-corrected chi connectivity index (χ3v) is 17.8. The van der Waals surface area contributed by atoms with Gasteiger partial charge in [0.1, 0.15) is 42.5 Å². The summed E-state index contributed by atoms with van der Waals surface area (Å²) < 4.78 is 179. The van der Waals surface area contributed by atoms with Crippen molar-refractivity contribution in [3.63, 3.8) is 0 Å². The number of aromatic nitrogens is 7. The minimum absolute atomic E-state index is 0.0191. The summed E-state index contributed by atoms with van der Waals surface area (Å²) >= 11 is 0. The van der Waals surface area contributed by atoms with E-state index in [0.29, 0.717) is 5.69 Å². The van der Waals surface area contributed by atoms with Gasteiger partial charge in [0.25, 0.3) is 50.6 Å². The molecule has 0 amide bonds. The quantitative estimate of drug-likeness (QED) is 0.0181. The van der Waals surface area contributed by atoms with Crippen molar-refractivity contribution in [3.05, 3.63) is 179 Å². The largest absolute Gasteiger partial charge is 0.506 e. The van der Waals surface area contributed by atoms with Crippen LogP contribution in [0.25, 0.3) is 35.7 Å². The Hall–Kier alpha value is -11.2. The van der Waals surface area contributed by atoms with Crippen molar-refractivity contribution < 1.29 is 85.3 Å². The van der Waals surface area contributed by atoms with Crippen molar-refractivity contribution in [1.82, 2.24) is 34.5 Å². The van der Waals surface area contributed by atoms with Crippen LogP contribution in [0.15, 0.2) is 191 Å². The standard InChI is InChI=1S/C57H46N14O19S5/c1-31-51(66-64-43-10-6-7-11-45(43)72)53(74)70(68-31)40-22-18-35(49(28-40)94(85,86)87)14-12-33-16-20-38(26-47(33)92(79,80)81)59-56-61-55(58-37-8-4-3-5-9-37)62-57(63-56)60-39-21-17-34(48(27-39)93(82,83)84)13-15-36-19-23-41(29-50(36)95(88,89)90)71-54(75)52(32(2)69-71)67-65-44-30-42(91(76,77)78)24-25-46(44)73/h3-30,72-75H,1-2H3,(H,76,77,78)(H,79,80,81)(H,82,83,84)(H,85,86,87)(H,88,89,90)(H3,58,59,60,61,62,63)/b14-12+,15-13+,66-64?,67-65?. The molecule has 10 rings (SSSR count). The van der Waals surface area contributed by atoms with Crippen LogP contribution in [0.5, 0.6) is 23.3 Å². The van der Waals surface area contributed by atoms with Crippen LogP contribution in [-0.4, -0.2) is 120 Å². The van der Waals surface area contributed by atoms with Gasteiger partial charge in [-0.25, -0.2) is 0 Å². The number of anilines is 6. The fraction of sp³-hybridized carbons (Fsp3) is 0.0351. The molecule has 0 bridgehead atoms. The van der Waals surface area contributed by atoms with Gasteiger partial charge in [-0.15, -0.1) is 20.5 Å². The summed E-state index contributed by atoms with van der Waals surface area (Å²) in [6.45, 7) is 2.83. The molecule has 33 nitrogen and oxygen atoms in total. The lowest BCUT2D eigenvalue weighted by molar-refractivity contribution is 0.434. The van der Waals surface area contributed by atoms with Crippen molar-refractivity contribution in [2.24, 2.45) is 20.5 Å². The number of aryl methyl sites for hydroxylation is 2. The van der Waals surface area contributed by atoms with Crippen LogP contribution in [0.3, 0.4) is 0 Å². The maximum absolute atomic E-state index is 13.0. The van der Waals surface area contributed by atoms with Crippen LogP contribution in [-0.2, 0) is 50.6 Å². The zero-order valence-corrected chi connectivity index (χ0v) is 52.3.